The summed E-state index contributed by atoms with van der Waals surface area (Å²) in [6.07, 6.45) is 0. The molecule has 1 saturated heterocycles. The van der Waals surface area contributed by atoms with Gasteiger partial charge in [0.05, 0.1) is 30.2 Å². The lowest BCUT2D eigenvalue weighted by Crippen LogP contribution is -2.17. The van der Waals surface area contributed by atoms with E-state index < -0.39 is 10.0 Å². The number of nitrogens with zero attached hydrogens (tertiary/aromatic N) is 1. The topological polar surface area (TPSA) is 46.4 Å². The zero-order valence-corrected chi connectivity index (χ0v) is 16.5. The average Bonchev–Trinajstić information content (AvgIpc) is 3.45. The molecule has 4 rings (SSSR count). The summed E-state index contributed by atoms with van der Waals surface area (Å²) in [5, 5.41) is 0. The molecule has 28 heavy (non-hydrogen) atoms. The molecule has 0 saturated carbocycles. The number of benzene rings is 3. The van der Waals surface area contributed by atoms with Gasteiger partial charge in [0, 0.05) is 0 Å². The fraction of sp³-hybridized carbons (Fsp3) is 0.217. The SMILES string of the molecule is Cc1ccc(S(=O)(=O)N2[C@@H](COCc3ccccc3)[C@@H]2c2ccccc2)cc1. The number of hydrogen-bond acceptors (Lipinski definition) is 3. The maximum atomic E-state index is 13.2. The molecule has 0 amide bonds. The number of hydrogen-bond donors (Lipinski definition) is 0. The summed E-state index contributed by atoms with van der Waals surface area (Å²) in [6.45, 7) is 2.78. The Hall–Kier alpha value is -2.47. The molecule has 0 aliphatic carbocycles. The fourth-order valence-electron chi connectivity index (χ4n) is 3.47. The Kier molecular flexibility index (Phi) is 5.31. The third-order valence-corrected chi connectivity index (χ3v) is 6.93. The molecule has 3 aromatic rings. The maximum absolute atomic E-state index is 13.2. The summed E-state index contributed by atoms with van der Waals surface area (Å²) < 4.78 is 33.8. The van der Waals surface area contributed by atoms with Gasteiger partial charge in [0.1, 0.15) is 0 Å². The van der Waals surface area contributed by atoms with Gasteiger partial charge in [0.2, 0.25) is 10.0 Å². The van der Waals surface area contributed by atoms with Crippen molar-refractivity contribution in [2.45, 2.75) is 30.5 Å². The quantitative estimate of drug-likeness (QED) is 0.562. The highest BCUT2D eigenvalue weighted by atomic mass is 32.2. The fourth-order valence-corrected chi connectivity index (χ4v) is 5.24. The summed E-state index contributed by atoms with van der Waals surface area (Å²) in [4.78, 5) is 0.324. The van der Waals surface area contributed by atoms with Crippen molar-refractivity contribution >= 4 is 10.0 Å². The zero-order chi connectivity index (χ0) is 19.6. The largest absolute Gasteiger partial charge is 0.375 e. The van der Waals surface area contributed by atoms with E-state index in [1.54, 1.807) is 16.4 Å². The second-order valence-corrected chi connectivity index (χ2v) is 8.91. The highest BCUT2D eigenvalue weighted by Gasteiger charge is 2.56. The molecule has 0 N–H and O–H groups in total. The van der Waals surface area contributed by atoms with Crippen LogP contribution in [-0.4, -0.2) is 25.4 Å². The Morgan fingerprint density at radius 2 is 1.46 bits per heavy atom. The average molecular weight is 394 g/mol. The van der Waals surface area contributed by atoms with E-state index in [0.29, 0.717) is 18.1 Å². The smallest absolute Gasteiger partial charge is 0.244 e. The van der Waals surface area contributed by atoms with E-state index in [2.05, 4.69) is 0 Å². The minimum absolute atomic E-state index is 0.191. The molecule has 1 fully saturated rings. The minimum atomic E-state index is -3.57. The third kappa shape index (κ3) is 3.87. The van der Waals surface area contributed by atoms with Crippen LogP contribution in [0.1, 0.15) is 22.7 Å². The molecule has 3 aromatic carbocycles. The van der Waals surface area contributed by atoms with E-state index >= 15 is 0 Å². The van der Waals surface area contributed by atoms with Crippen LogP contribution in [0.2, 0.25) is 0 Å². The molecule has 5 heteroatoms. The van der Waals surface area contributed by atoms with Crippen molar-refractivity contribution in [2.75, 3.05) is 6.61 Å². The predicted molar refractivity (Wildman–Crippen MR) is 109 cm³/mol. The summed E-state index contributed by atoms with van der Waals surface area (Å²) in [7, 11) is -3.57. The summed E-state index contributed by atoms with van der Waals surface area (Å²) >= 11 is 0. The van der Waals surface area contributed by atoms with Crippen LogP contribution in [0.15, 0.2) is 89.8 Å². The first kappa shape index (κ1) is 18.9. The Morgan fingerprint density at radius 3 is 2.11 bits per heavy atom. The van der Waals surface area contributed by atoms with E-state index in [1.165, 1.54) is 0 Å². The van der Waals surface area contributed by atoms with E-state index in [0.717, 1.165) is 16.7 Å². The monoisotopic (exact) mass is 393 g/mol. The normalized spacial score (nSPS) is 21.4. The Labute approximate surface area is 166 Å². The number of ether oxygens (including phenoxy) is 1. The second kappa shape index (κ2) is 7.87. The first-order chi connectivity index (χ1) is 13.6. The first-order valence-corrected chi connectivity index (χ1v) is 10.8. The van der Waals surface area contributed by atoms with Crippen molar-refractivity contribution in [3.63, 3.8) is 0 Å². The van der Waals surface area contributed by atoms with Crippen LogP contribution in [-0.2, 0) is 21.4 Å². The molecule has 144 valence electrons. The Balaban J connectivity index is 1.54. The molecule has 0 spiro atoms. The van der Waals surface area contributed by atoms with E-state index in [4.69, 9.17) is 4.74 Å². The Bertz CT molecular complexity index is 1020. The van der Waals surface area contributed by atoms with Crippen molar-refractivity contribution in [3.8, 4) is 0 Å². The third-order valence-electron chi connectivity index (χ3n) is 5.01. The first-order valence-electron chi connectivity index (χ1n) is 9.34. The molecule has 0 bridgehead atoms. The van der Waals surface area contributed by atoms with E-state index in [-0.39, 0.29) is 12.1 Å². The summed E-state index contributed by atoms with van der Waals surface area (Å²) in [6, 6.07) is 26.3. The highest BCUT2D eigenvalue weighted by molar-refractivity contribution is 7.89. The van der Waals surface area contributed by atoms with Gasteiger partial charge in [-0.05, 0) is 30.2 Å². The van der Waals surface area contributed by atoms with Gasteiger partial charge in [-0.1, -0.05) is 78.4 Å². The Morgan fingerprint density at radius 1 is 0.857 bits per heavy atom. The van der Waals surface area contributed by atoms with Gasteiger partial charge in [0.25, 0.3) is 0 Å². The molecule has 1 aliphatic heterocycles. The van der Waals surface area contributed by atoms with Crippen LogP contribution >= 0.6 is 0 Å². The molecule has 0 radical (unpaired) electrons. The highest BCUT2D eigenvalue weighted by Crippen LogP contribution is 2.47. The number of aryl methyl sites for hydroxylation is 1. The van der Waals surface area contributed by atoms with E-state index in [1.807, 2.05) is 79.7 Å². The molecule has 0 aromatic heterocycles. The van der Waals surface area contributed by atoms with Crippen LogP contribution in [0.25, 0.3) is 0 Å². The lowest BCUT2D eigenvalue weighted by atomic mass is 10.1. The molecule has 1 aliphatic rings. The lowest BCUT2D eigenvalue weighted by Gasteiger charge is -2.08. The minimum Gasteiger partial charge on any atom is -0.375 e. The van der Waals surface area contributed by atoms with Gasteiger partial charge in [-0.25, -0.2) is 8.42 Å². The molecule has 4 nitrogen and oxygen atoms in total. The number of rotatable bonds is 7. The molecule has 3 atom stereocenters. The van der Waals surface area contributed by atoms with Crippen molar-refractivity contribution < 1.29 is 13.2 Å². The lowest BCUT2D eigenvalue weighted by molar-refractivity contribution is 0.118. The molecular weight excluding hydrogens is 370 g/mol. The van der Waals surface area contributed by atoms with Gasteiger partial charge in [-0.15, -0.1) is 0 Å². The predicted octanol–water partition coefficient (Wildman–Crippen LogP) is 4.33. The second-order valence-electron chi connectivity index (χ2n) is 7.07. The van der Waals surface area contributed by atoms with Crippen molar-refractivity contribution in [1.29, 1.82) is 0 Å². The van der Waals surface area contributed by atoms with Crippen molar-refractivity contribution in [2.24, 2.45) is 0 Å². The number of sulfonamides is 1. The van der Waals surface area contributed by atoms with E-state index in [9.17, 15) is 8.42 Å². The van der Waals surface area contributed by atoms with Crippen LogP contribution in [0.5, 0.6) is 0 Å². The zero-order valence-electron chi connectivity index (χ0n) is 15.7. The van der Waals surface area contributed by atoms with Gasteiger partial charge in [-0.3, -0.25) is 0 Å². The van der Waals surface area contributed by atoms with Crippen LogP contribution in [0, 0.1) is 6.92 Å². The molecule has 1 heterocycles. The van der Waals surface area contributed by atoms with Gasteiger partial charge in [0.15, 0.2) is 0 Å². The maximum Gasteiger partial charge on any atom is 0.244 e. The van der Waals surface area contributed by atoms with Gasteiger partial charge in [-0.2, -0.15) is 4.31 Å². The van der Waals surface area contributed by atoms with Crippen LogP contribution in [0.3, 0.4) is 0 Å². The molecule has 1 unspecified atom stereocenters. The standard InChI is InChI=1S/C23H23NO3S/c1-18-12-14-21(15-13-18)28(25,26)24-22(23(24)20-10-6-3-7-11-20)17-27-16-19-8-4-2-5-9-19/h2-15,22-23H,16-17H2,1H3/t22-,23-,24?/m0/s1. The van der Waals surface area contributed by atoms with Crippen LogP contribution < -0.4 is 0 Å². The van der Waals surface area contributed by atoms with Crippen molar-refractivity contribution in [3.05, 3.63) is 102 Å². The van der Waals surface area contributed by atoms with Crippen molar-refractivity contribution in [1.82, 2.24) is 4.31 Å². The van der Waals surface area contributed by atoms with Crippen LogP contribution in [0.4, 0.5) is 0 Å². The van der Waals surface area contributed by atoms with Gasteiger partial charge < -0.3 is 4.74 Å². The summed E-state index contributed by atoms with van der Waals surface area (Å²) in [5.74, 6) is 0. The molecular formula is C23H23NO3S. The summed E-state index contributed by atoms with van der Waals surface area (Å²) in [5.41, 5.74) is 3.10. The van der Waals surface area contributed by atoms with Gasteiger partial charge >= 0.3 is 0 Å².